The summed E-state index contributed by atoms with van der Waals surface area (Å²) in [4.78, 5) is 26.8. The molecule has 216 valence electrons. The quantitative estimate of drug-likeness (QED) is 0.201. The van der Waals surface area contributed by atoms with Crippen molar-refractivity contribution in [3.05, 3.63) is 89.0 Å². The van der Waals surface area contributed by atoms with Crippen LogP contribution in [0.25, 0.3) is 0 Å². The van der Waals surface area contributed by atoms with Crippen LogP contribution in [0.3, 0.4) is 0 Å². The van der Waals surface area contributed by atoms with E-state index in [0.29, 0.717) is 18.4 Å². The van der Waals surface area contributed by atoms with Gasteiger partial charge in [0.2, 0.25) is 5.91 Å². The number of hydrogen-bond acceptors (Lipinski definition) is 3. The number of para-hydroxylation sites is 2. The number of Topliss-reactive ketones (excluding diaryl/α,β-unsaturated/α-hetero) is 1. The maximum absolute atomic E-state index is 13.6. The standard InChI is InChI=1S/C37H45NO3/c1-37(2,3)31-23-22-27(33(39)19-9-5-8-16-26-14-6-4-7-15-26)24-32(31)38-36(40)25-30-28-17-10-12-20-34(28)41-35-21-13-11-18-29(30)35/h10-13,17-18,20-24,26,30H,4-9,14-16,19,25H2,1-3H3,(H,38,40). The smallest absolute Gasteiger partial charge is 0.225 e. The second kappa shape index (κ2) is 13.1. The molecule has 0 spiro atoms. The fourth-order valence-corrected chi connectivity index (χ4v) is 6.61. The Morgan fingerprint density at radius 3 is 2.15 bits per heavy atom. The van der Waals surface area contributed by atoms with Gasteiger partial charge in [0.25, 0.3) is 0 Å². The van der Waals surface area contributed by atoms with E-state index in [1.54, 1.807) is 0 Å². The number of benzene rings is 3. The van der Waals surface area contributed by atoms with Crippen molar-refractivity contribution < 1.29 is 14.3 Å². The van der Waals surface area contributed by atoms with Crippen molar-refractivity contribution in [1.29, 1.82) is 0 Å². The zero-order chi connectivity index (χ0) is 28.8. The highest BCUT2D eigenvalue weighted by Crippen LogP contribution is 2.45. The highest BCUT2D eigenvalue weighted by Gasteiger charge is 2.29. The number of ether oxygens (including phenoxy) is 1. The molecule has 5 rings (SSSR count). The Hall–Kier alpha value is -3.40. The maximum Gasteiger partial charge on any atom is 0.225 e. The molecule has 1 N–H and O–H groups in total. The zero-order valence-corrected chi connectivity index (χ0v) is 25.0. The predicted molar refractivity (Wildman–Crippen MR) is 167 cm³/mol. The molecule has 1 saturated carbocycles. The van der Waals surface area contributed by atoms with E-state index >= 15 is 0 Å². The second-order valence-corrected chi connectivity index (χ2v) is 13.0. The predicted octanol–water partition coefficient (Wildman–Crippen LogP) is 9.96. The molecule has 0 atom stereocenters. The minimum absolute atomic E-state index is 0.0701. The monoisotopic (exact) mass is 551 g/mol. The molecule has 1 aliphatic heterocycles. The average Bonchev–Trinajstić information content (AvgIpc) is 2.96. The lowest BCUT2D eigenvalue weighted by atomic mass is 9.83. The molecule has 4 nitrogen and oxygen atoms in total. The number of ketones is 1. The highest BCUT2D eigenvalue weighted by molar-refractivity contribution is 5.99. The topological polar surface area (TPSA) is 55.4 Å². The molecule has 0 saturated heterocycles. The van der Waals surface area contributed by atoms with E-state index in [1.807, 2.05) is 66.7 Å². The Bertz CT molecular complexity index is 1320. The minimum Gasteiger partial charge on any atom is -0.457 e. The number of hydrogen-bond donors (Lipinski definition) is 1. The lowest BCUT2D eigenvalue weighted by molar-refractivity contribution is -0.116. The van der Waals surface area contributed by atoms with E-state index in [1.165, 1.54) is 44.9 Å². The third kappa shape index (κ3) is 7.28. The summed E-state index contributed by atoms with van der Waals surface area (Å²) in [6.07, 6.45) is 12.4. The lowest BCUT2D eigenvalue weighted by Crippen LogP contribution is -2.22. The minimum atomic E-state index is -0.179. The van der Waals surface area contributed by atoms with Crippen LogP contribution >= 0.6 is 0 Å². The first-order chi connectivity index (χ1) is 19.8. The number of fused-ring (bicyclic) bond motifs is 2. The maximum atomic E-state index is 13.6. The number of carbonyl (C=O) groups is 2. The summed E-state index contributed by atoms with van der Waals surface area (Å²) in [6.45, 7) is 6.41. The van der Waals surface area contributed by atoms with Crippen molar-refractivity contribution >= 4 is 17.4 Å². The first kappa shape index (κ1) is 29.1. The van der Waals surface area contributed by atoms with Crippen LogP contribution in [0.2, 0.25) is 0 Å². The van der Waals surface area contributed by atoms with E-state index in [2.05, 4.69) is 26.1 Å². The summed E-state index contributed by atoms with van der Waals surface area (Å²) in [5, 5.41) is 3.20. The van der Waals surface area contributed by atoms with Gasteiger partial charge in [0, 0.05) is 41.1 Å². The molecule has 3 aromatic rings. The molecule has 2 aliphatic rings. The van der Waals surface area contributed by atoms with E-state index in [9.17, 15) is 9.59 Å². The van der Waals surface area contributed by atoms with Crippen LogP contribution in [0.5, 0.6) is 11.5 Å². The summed E-state index contributed by atoms with van der Waals surface area (Å²) in [6, 6.07) is 21.7. The second-order valence-electron chi connectivity index (χ2n) is 13.0. The normalized spacial score (nSPS) is 15.5. The van der Waals surface area contributed by atoms with Gasteiger partial charge < -0.3 is 10.1 Å². The van der Waals surface area contributed by atoms with Gasteiger partial charge in [0.15, 0.2) is 5.78 Å². The van der Waals surface area contributed by atoms with Crippen molar-refractivity contribution in [2.75, 3.05) is 5.32 Å². The largest absolute Gasteiger partial charge is 0.457 e. The Balaban J connectivity index is 1.26. The number of anilines is 1. The Morgan fingerprint density at radius 2 is 1.49 bits per heavy atom. The van der Waals surface area contributed by atoms with Crippen LogP contribution in [-0.4, -0.2) is 11.7 Å². The Morgan fingerprint density at radius 1 is 0.829 bits per heavy atom. The number of carbonyl (C=O) groups excluding carboxylic acids is 2. The van der Waals surface area contributed by atoms with E-state index in [-0.39, 0.29) is 23.0 Å². The Kier molecular flexibility index (Phi) is 9.27. The van der Waals surface area contributed by atoms with Gasteiger partial charge in [0.05, 0.1) is 0 Å². The number of amides is 1. The molecule has 0 aromatic heterocycles. The zero-order valence-electron chi connectivity index (χ0n) is 25.0. The van der Waals surface area contributed by atoms with Gasteiger partial charge in [-0.15, -0.1) is 0 Å². The van der Waals surface area contributed by atoms with Crippen molar-refractivity contribution in [1.82, 2.24) is 0 Å². The first-order valence-corrected chi connectivity index (χ1v) is 15.6. The van der Waals surface area contributed by atoms with Gasteiger partial charge in [-0.05, 0) is 41.5 Å². The summed E-state index contributed by atoms with van der Waals surface area (Å²) in [5.74, 6) is 2.48. The van der Waals surface area contributed by atoms with Gasteiger partial charge in [-0.3, -0.25) is 9.59 Å². The summed E-state index contributed by atoms with van der Waals surface area (Å²) in [5.41, 5.74) is 4.31. The fraction of sp³-hybridized carbons (Fsp3) is 0.459. The Labute approximate surface area is 245 Å². The molecule has 1 aliphatic carbocycles. The molecular formula is C37H45NO3. The van der Waals surface area contributed by atoms with E-state index in [4.69, 9.17) is 4.74 Å². The molecule has 0 unspecified atom stereocenters. The molecular weight excluding hydrogens is 506 g/mol. The molecule has 1 heterocycles. The fourth-order valence-electron chi connectivity index (χ4n) is 6.61. The summed E-state index contributed by atoms with van der Waals surface area (Å²) < 4.78 is 6.12. The van der Waals surface area contributed by atoms with Crippen molar-refractivity contribution in [2.24, 2.45) is 5.92 Å². The van der Waals surface area contributed by atoms with Crippen LogP contribution < -0.4 is 10.1 Å². The SMILES string of the molecule is CC(C)(C)c1ccc(C(=O)CCCCCC2CCCCC2)cc1NC(=O)CC1c2ccccc2Oc2ccccc21. The molecule has 0 radical (unpaired) electrons. The third-order valence-corrected chi connectivity index (χ3v) is 8.86. The van der Waals surface area contributed by atoms with Crippen LogP contribution in [0, 0.1) is 5.92 Å². The molecule has 0 bridgehead atoms. The van der Waals surface area contributed by atoms with Crippen molar-refractivity contribution in [3.8, 4) is 11.5 Å². The van der Waals surface area contributed by atoms with Gasteiger partial charge in [-0.25, -0.2) is 0 Å². The lowest BCUT2D eigenvalue weighted by Gasteiger charge is -2.28. The van der Waals surface area contributed by atoms with E-state index < -0.39 is 0 Å². The van der Waals surface area contributed by atoms with Crippen LogP contribution in [0.15, 0.2) is 66.7 Å². The van der Waals surface area contributed by atoms with Crippen molar-refractivity contribution in [3.63, 3.8) is 0 Å². The first-order valence-electron chi connectivity index (χ1n) is 15.6. The van der Waals surface area contributed by atoms with Gasteiger partial charge in [0.1, 0.15) is 11.5 Å². The van der Waals surface area contributed by atoms with Crippen molar-refractivity contribution in [2.45, 2.75) is 103 Å². The molecule has 3 aromatic carbocycles. The molecule has 1 fully saturated rings. The van der Waals surface area contributed by atoms with Crippen LogP contribution in [0.4, 0.5) is 5.69 Å². The van der Waals surface area contributed by atoms with E-state index in [0.717, 1.165) is 52.6 Å². The number of unbranched alkanes of at least 4 members (excludes halogenated alkanes) is 2. The van der Waals surface area contributed by atoms with Gasteiger partial charge in [-0.2, -0.15) is 0 Å². The molecule has 4 heteroatoms. The molecule has 41 heavy (non-hydrogen) atoms. The highest BCUT2D eigenvalue weighted by atomic mass is 16.5. The number of rotatable bonds is 10. The molecule has 1 amide bonds. The summed E-state index contributed by atoms with van der Waals surface area (Å²) >= 11 is 0. The third-order valence-electron chi connectivity index (χ3n) is 8.86. The summed E-state index contributed by atoms with van der Waals surface area (Å²) in [7, 11) is 0. The average molecular weight is 552 g/mol. The van der Waals surface area contributed by atoms with Crippen LogP contribution in [-0.2, 0) is 10.2 Å². The number of nitrogens with one attached hydrogen (secondary N) is 1. The van der Waals surface area contributed by atoms with Gasteiger partial charge in [-0.1, -0.05) is 121 Å². The van der Waals surface area contributed by atoms with Crippen LogP contribution in [0.1, 0.15) is 124 Å². The van der Waals surface area contributed by atoms with Gasteiger partial charge >= 0.3 is 0 Å².